The first kappa shape index (κ1) is 23.0. The molecular weight excluding hydrogens is 464 g/mol. The standard InChI is InChI=1S/C28H34O8/c1-14(29)34-18-10-17-24(2,3)35-19-11-20(30)33-13-27(17,19)16-6-8-25(4)21(15-7-9-32-12-15)22(31)23-28(25,36-23)26(16,18)5/h7,9,12,16-19,21,23H,6,8,10-11,13H2,1-5H3. The van der Waals surface area contributed by atoms with Gasteiger partial charge in [0.25, 0.3) is 0 Å². The van der Waals surface area contributed by atoms with Gasteiger partial charge in [-0.15, -0.1) is 0 Å². The molecule has 36 heavy (non-hydrogen) atoms. The Bertz CT molecular complexity index is 1170. The molecule has 6 aliphatic rings. The zero-order valence-corrected chi connectivity index (χ0v) is 21.5. The maximum Gasteiger partial charge on any atom is 0.308 e. The summed E-state index contributed by atoms with van der Waals surface area (Å²) < 4.78 is 30.5. The van der Waals surface area contributed by atoms with E-state index in [9.17, 15) is 14.4 Å². The number of hydrogen-bond acceptors (Lipinski definition) is 8. The van der Waals surface area contributed by atoms with Gasteiger partial charge in [0.05, 0.1) is 36.6 Å². The van der Waals surface area contributed by atoms with Crippen LogP contribution in [0.4, 0.5) is 0 Å². The average Bonchev–Trinajstić information content (AvgIpc) is 3.17. The first-order valence-corrected chi connectivity index (χ1v) is 13.2. The number of epoxide rings is 1. The number of esters is 2. The van der Waals surface area contributed by atoms with Gasteiger partial charge in [0.15, 0.2) is 5.78 Å². The summed E-state index contributed by atoms with van der Waals surface area (Å²) >= 11 is 0. The number of hydrogen-bond donors (Lipinski definition) is 0. The highest BCUT2D eigenvalue weighted by Crippen LogP contribution is 2.82. The molecule has 1 aromatic rings. The third-order valence-electron chi connectivity index (χ3n) is 11.4. The fourth-order valence-electron chi connectivity index (χ4n) is 10.3. The number of carbonyl (C=O) groups excluding carboxylic acids is 3. The van der Waals surface area contributed by atoms with Crippen LogP contribution in [0.3, 0.4) is 0 Å². The molecule has 4 heterocycles. The Labute approximate surface area is 210 Å². The summed E-state index contributed by atoms with van der Waals surface area (Å²) in [6, 6.07) is 1.88. The molecule has 7 rings (SSSR count). The van der Waals surface area contributed by atoms with E-state index >= 15 is 0 Å². The van der Waals surface area contributed by atoms with Crippen LogP contribution in [-0.2, 0) is 33.3 Å². The zero-order chi connectivity index (χ0) is 25.5. The summed E-state index contributed by atoms with van der Waals surface area (Å²) in [5.74, 6) is -0.807. The summed E-state index contributed by atoms with van der Waals surface area (Å²) in [7, 11) is 0. The highest BCUT2D eigenvalue weighted by Gasteiger charge is 2.91. The zero-order valence-electron chi connectivity index (χ0n) is 21.5. The third-order valence-corrected chi connectivity index (χ3v) is 11.4. The summed E-state index contributed by atoms with van der Waals surface area (Å²) in [6.07, 6.45) is 4.37. The monoisotopic (exact) mass is 498 g/mol. The molecule has 3 aliphatic carbocycles. The predicted octanol–water partition coefficient (Wildman–Crippen LogP) is 3.57. The van der Waals surface area contributed by atoms with Crippen LogP contribution in [0.2, 0.25) is 0 Å². The van der Waals surface area contributed by atoms with Crippen molar-refractivity contribution in [2.75, 3.05) is 6.61 Å². The normalized spacial score (nSPS) is 51.8. The topological polar surface area (TPSA) is 105 Å². The highest BCUT2D eigenvalue weighted by molar-refractivity contribution is 5.98. The van der Waals surface area contributed by atoms with Gasteiger partial charge in [-0.2, -0.15) is 0 Å². The van der Waals surface area contributed by atoms with Crippen LogP contribution in [0.1, 0.15) is 71.8 Å². The van der Waals surface area contributed by atoms with Gasteiger partial charge in [-0.25, -0.2) is 0 Å². The molecule has 1 aromatic heterocycles. The number of rotatable bonds is 2. The SMILES string of the molecule is CC(=O)OC1CC2C(C)(C)OC3CC(=O)OCC32C2CCC3(C)C(c4ccoc4)C(=O)C4OC43C12C. The van der Waals surface area contributed by atoms with Gasteiger partial charge in [-0.1, -0.05) is 13.8 Å². The van der Waals surface area contributed by atoms with Crippen molar-refractivity contribution in [2.24, 2.45) is 28.1 Å². The van der Waals surface area contributed by atoms with Crippen molar-refractivity contribution in [1.29, 1.82) is 0 Å². The molecule has 194 valence electrons. The van der Waals surface area contributed by atoms with E-state index in [0.29, 0.717) is 6.42 Å². The quantitative estimate of drug-likeness (QED) is 0.450. The van der Waals surface area contributed by atoms with Gasteiger partial charge in [0.1, 0.15) is 24.4 Å². The molecule has 10 atom stereocenters. The first-order valence-electron chi connectivity index (χ1n) is 13.2. The number of ether oxygens (including phenoxy) is 4. The Balaban J connectivity index is 1.42. The van der Waals surface area contributed by atoms with Crippen LogP contribution < -0.4 is 0 Å². The van der Waals surface area contributed by atoms with E-state index in [4.69, 9.17) is 23.4 Å². The lowest BCUT2D eigenvalue weighted by molar-refractivity contribution is -0.249. The second kappa shape index (κ2) is 6.62. The minimum absolute atomic E-state index is 0.0121. The molecule has 0 N–H and O–H groups in total. The fraction of sp³-hybridized carbons (Fsp3) is 0.750. The molecule has 8 nitrogen and oxygen atoms in total. The molecule has 0 aromatic carbocycles. The van der Waals surface area contributed by atoms with Gasteiger partial charge < -0.3 is 23.4 Å². The van der Waals surface area contributed by atoms with E-state index < -0.39 is 39.7 Å². The van der Waals surface area contributed by atoms with Gasteiger partial charge in [0, 0.05) is 34.7 Å². The Morgan fingerprint density at radius 2 is 1.89 bits per heavy atom. The van der Waals surface area contributed by atoms with Crippen molar-refractivity contribution >= 4 is 17.7 Å². The van der Waals surface area contributed by atoms with Crippen molar-refractivity contribution in [3.05, 3.63) is 24.2 Å². The number of carbonyl (C=O) groups is 3. The molecule has 0 bridgehead atoms. The molecule has 6 fully saturated rings. The van der Waals surface area contributed by atoms with Crippen LogP contribution in [0.5, 0.6) is 0 Å². The van der Waals surface area contributed by atoms with Crippen molar-refractivity contribution in [3.63, 3.8) is 0 Å². The van der Waals surface area contributed by atoms with Crippen LogP contribution in [-0.4, -0.2) is 53.8 Å². The Morgan fingerprint density at radius 3 is 2.58 bits per heavy atom. The number of fused-ring (bicyclic) bond motifs is 1. The summed E-state index contributed by atoms with van der Waals surface area (Å²) in [5.41, 5.74) is -1.97. The van der Waals surface area contributed by atoms with Crippen LogP contribution in [0.25, 0.3) is 0 Å². The van der Waals surface area contributed by atoms with E-state index in [1.54, 1.807) is 12.5 Å². The van der Waals surface area contributed by atoms with Crippen molar-refractivity contribution < 1.29 is 37.7 Å². The average molecular weight is 499 g/mol. The predicted molar refractivity (Wildman–Crippen MR) is 124 cm³/mol. The van der Waals surface area contributed by atoms with E-state index in [0.717, 1.165) is 18.4 Å². The fourth-order valence-corrected chi connectivity index (χ4v) is 10.3. The van der Waals surface area contributed by atoms with Crippen molar-refractivity contribution in [3.8, 4) is 0 Å². The molecule has 3 aliphatic heterocycles. The lowest BCUT2D eigenvalue weighted by Crippen LogP contribution is -2.72. The van der Waals surface area contributed by atoms with E-state index in [2.05, 4.69) is 27.7 Å². The summed E-state index contributed by atoms with van der Waals surface area (Å²) in [5, 5.41) is 0. The Kier molecular flexibility index (Phi) is 4.22. The minimum Gasteiger partial charge on any atom is -0.472 e. The van der Waals surface area contributed by atoms with Crippen molar-refractivity contribution in [1.82, 2.24) is 0 Å². The van der Waals surface area contributed by atoms with Gasteiger partial charge in [0.2, 0.25) is 0 Å². The maximum absolute atomic E-state index is 13.8. The van der Waals surface area contributed by atoms with Crippen LogP contribution in [0, 0.1) is 28.1 Å². The van der Waals surface area contributed by atoms with E-state index in [-0.39, 0.29) is 54.6 Å². The maximum atomic E-state index is 13.8. The second-order valence-electron chi connectivity index (χ2n) is 13.0. The van der Waals surface area contributed by atoms with Crippen LogP contribution in [0.15, 0.2) is 23.0 Å². The van der Waals surface area contributed by atoms with E-state index in [1.807, 2.05) is 6.07 Å². The molecular formula is C28H34O8. The van der Waals surface area contributed by atoms with Gasteiger partial charge in [-0.3, -0.25) is 14.4 Å². The molecule has 0 radical (unpaired) electrons. The molecule has 10 unspecified atom stereocenters. The largest absolute Gasteiger partial charge is 0.472 e. The molecule has 2 spiro atoms. The number of Topliss-reactive ketones (excluding diaryl/α,β-unsaturated/α-hetero) is 1. The Hall–Kier alpha value is -2.19. The van der Waals surface area contributed by atoms with Gasteiger partial charge >= 0.3 is 11.9 Å². The lowest BCUT2D eigenvalue weighted by Gasteiger charge is -2.66. The number of cyclic esters (lactones) is 1. The van der Waals surface area contributed by atoms with Crippen LogP contribution >= 0.6 is 0 Å². The Morgan fingerprint density at radius 1 is 1.11 bits per heavy atom. The van der Waals surface area contributed by atoms with Crippen molar-refractivity contribution in [2.45, 2.75) is 95.7 Å². The smallest absolute Gasteiger partial charge is 0.308 e. The molecule has 0 amide bonds. The van der Waals surface area contributed by atoms with Gasteiger partial charge in [-0.05, 0) is 45.1 Å². The lowest BCUT2D eigenvalue weighted by atomic mass is 9.37. The molecule has 3 saturated heterocycles. The first-order chi connectivity index (χ1) is 16.9. The minimum atomic E-state index is -0.777. The summed E-state index contributed by atoms with van der Waals surface area (Å²) in [4.78, 5) is 38.7. The molecule has 8 heteroatoms. The number of ketones is 1. The summed E-state index contributed by atoms with van der Waals surface area (Å²) in [6.45, 7) is 10.2. The van der Waals surface area contributed by atoms with E-state index in [1.165, 1.54) is 6.92 Å². The number of furan rings is 1. The molecule has 3 saturated carbocycles. The second-order valence-corrected chi connectivity index (χ2v) is 13.0. The third kappa shape index (κ3) is 2.29. The highest BCUT2D eigenvalue weighted by atomic mass is 16.6.